The molecule has 2 heterocycles. The number of nitrogens with zero attached hydrogens (tertiary/aromatic N) is 3. The van der Waals surface area contributed by atoms with Gasteiger partial charge in [-0.25, -0.2) is 0 Å². The van der Waals surface area contributed by atoms with Gasteiger partial charge in [-0.2, -0.15) is 0 Å². The summed E-state index contributed by atoms with van der Waals surface area (Å²) in [4.78, 5) is 7.63. The van der Waals surface area contributed by atoms with Crippen molar-refractivity contribution < 1.29 is 0 Å². The van der Waals surface area contributed by atoms with Crippen LogP contribution < -0.4 is 5.32 Å². The first-order valence-electron chi connectivity index (χ1n) is 7.73. The van der Waals surface area contributed by atoms with E-state index in [0.717, 1.165) is 19.0 Å². The molecular weight excluding hydrogens is 236 g/mol. The second kappa shape index (κ2) is 6.08. The Morgan fingerprint density at radius 3 is 2.26 bits per heavy atom. The second-order valence-electron chi connectivity index (χ2n) is 7.11. The van der Waals surface area contributed by atoms with Gasteiger partial charge in [-0.05, 0) is 53.9 Å². The molecule has 0 bridgehead atoms. The molecule has 0 aliphatic carbocycles. The average Bonchev–Trinajstić information content (AvgIpc) is 2.76. The van der Waals surface area contributed by atoms with Gasteiger partial charge in [0.25, 0.3) is 0 Å². The fourth-order valence-corrected chi connectivity index (χ4v) is 4.29. The molecule has 112 valence electrons. The zero-order chi connectivity index (χ0) is 14.0. The second-order valence-corrected chi connectivity index (χ2v) is 7.11. The van der Waals surface area contributed by atoms with Crippen LogP contribution in [-0.2, 0) is 0 Å². The lowest BCUT2D eigenvalue weighted by molar-refractivity contribution is 0.00482. The molecule has 2 atom stereocenters. The van der Waals surface area contributed by atoms with E-state index in [9.17, 15) is 0 Å². The number of rotatable bonds is 4. The van der Waals surface area contributed by atoms with Gasteiger partial charge in [0.15, 0.2) is 0 Å². The number of piperazine rings is 1. The summed E-state index contributed by atoms with van der Waals surface area (Å²) in [6.45, 7) is 12.0. The van der Waals surface area contributed by atoms with Crippen molar-refractivity contribution in [2.24, 2.45) is 5.92 Å². The minimum absolute atomic E-state index is 0.251. The summed E-state index contributed by atoms with van der Waals surface area (Å²) < 4.78 is 0. The van der Waals surface area contributed by atoms with E-state index >= 15 is 0 Å². The van der Waals surface area contributed by atoms with E-state index in [-0.39, 0.29) is 5.54 Å². The van der Waals surface area contributed by atoms with Gasteiger partial charge in [0.05, 0.1) is 0 Å². The Bertz CT molecular complexity index is 284. The Morgan fingerprint density at radius 2 is 1.79 bits per heavy atom. The van der Waals surface area contributed by atoms with Crippen molar-refractivity contribution in [2.75, 3.05) is 60.4 Å². The third kappa shape index (κ3) is 3.30. The van der Waals surface area contributed by atoms with Crippen LogP contribution in [0.5, 0.6) is 0 Å². The molecule has 4 nitrogen and oxygen atoms in total. The summed E-state index contributed by atoms with van der Waals surface area (Å²) >= 11 is 0. The molecule has 2 aliphatic rings. The number of nitrogens with one attached hydrogen (secondary N) is 1. The van der Waals surface area contributed by atoms with Gasteiger partial charge < -0.3 is 15.1 Å². The summed E-state index contributed by atoms with van der Waals surface area (Å²) in [6, 6.07) is 0.635. The first kappa shape index (κ1) is 15.2. The molecular formula is C15H32N4. The summed E-state index contributed by atoms with van der Waals surface area (Å²) in [5.74, 6) is 0.796. The van der Waals surface area contributed by atoms with Crippen LogP contribution in [0.25, 0.3) is 0 Å². The van der Waals surface area contributed by atoms with Crippen LogP contribution in [0.1, 0.15) is 20.3 Å². The minimum Gasteiger partial charge on any atom is -0.314 e. The summed E-state index contributed by atoms with van der Waals surface area (Å²) in [5.41, 5.74) is 0.251. The Balaban J connectivity index is 2.12. The normalized spacial score (nSPS) is 29.1. The van der Waals surface area contributed by atoms with Crippen molar-refractivity contribution in [3.8, 4) is 0 Å². The highest BCUT2D eigenvalue weighted by molar-refractivity contribution is 5.00. The quantitative estimate of drug-likeness (QED) is 0.804. The lowest BCUT2D eigenvalue weighted by atomic mass is 9.81. The van der Waals surface area contributed by atoms with Crippen molar-refractivity contribution >= 4 is 0 Å². The molecule has 2 rings (SSSR count). The molecule has 2 unspecified atom stereocenters. The molecule has 0 aromatic rings. The maximum atomic E-state index is 3.47. The fraction of sp³-hybridized carbons (Fsp3) is 1.00. The summed E-state index contributed by atoms with van der Waals surface area (Å²) in [5, 5.41) is 3.47. The Hall–Kier alpha value is -0.160. The third-order valence-electron chi connectivity index (χ3n) is 5.09. The zero-order valence-electron chi connectivity index (χ0n) is 13.4. The van der Waals surface area contributed by atoms with Crippen LogP contribution in [0.3, 0.4) is 0 Å². The molecule has 0 aromatic carbocycles. The van der Waals surface area contributed by atoms with Crippen LogP contribution in [0.15, 0.2) is 0 Å². The number of hydrogen-bond donors (Lipinski definition) is 1. The molecule has 2 fully saturated rings. The molecule has 0 saturated carbocycles. The molecule has 0 aromatic heterocycles. The van der Waals surface area contributed by atoms with E-state index in [1.807, 2.05) is 0 Å². The van der Waals surface area contributed by atoms with E-state index in [1.54, 1.807) is 0 Å². The monoisotopic (exact) mass is 268 g/mol. The highest BCUT2D eigenvalue weighted by Gasteiger charge is 2.43. The van der Waals surface area contributed by atoms with E-state index in [0.29, 0.717) is 6.04 Å². The number of likely N-dealkylation sites (N-methyl/N-ethyl adjacent to an activating group) is 1. The molecule has 0 amide bonds. The maximum Gasteiger partial charge on any atom is 0.0312 e. The van der Waals surface area contributed by atoms with Crippen molar-refractivity contribution in [3.05, 3.63) is 0 Å². The third-order valence-corrected chi connectivity index (χ3v) is 5.09. The van der Waals surface area contributed by atoms with Gasteiger partial charge in [0, 0.05) is 44.3 Å². The number of hydrogen-bond acceptors (Lipinski definition) is 4. The molecule has 2 aliphatic heterocycles. The largest absolute Gasteiger partial charge is 0.314 e. The zero-order valence-corrected chi connectivity index (χ0v) is 13.4. The highest BCUT2D eigenvalue weighted by Crippen LogP contribution is 2.32. The predicted molar refractivity (Wildman–Crippen MR) is 81.6 cm³/mol. The van der Waals surface area contributed by atoms with E-state index < -0.39 is 0 Å². The van der Waals surface area contributed by atoms with Crippen LogP contribution in [-0.4, -0.2) is 86.7 Å². The van der Waals surface area contributed by atoms with Crippen molar-refractivity contribution in [2.45, 2.75) is 31.8 Å². The van der Waals surface area contributed by atoms with Crippen molar-refractivity contribution in [1.29, 1.82) is 0 Å². The molecule has 0 spiro atoms. The van der Waals surface area contributed by atoms with Crippen molar-refractivity contribution in [3.63, 3.8) is 0 Å². The Kier molecular flexibility index (Phi) is 4.88. The molecule has 2 saturated heterocycles. The van der Waals surface area contributed by atoms with E-state index in [2.05, 4.69) is 55.0 Å². The standard InChI is InChI=1S/C15H32N4/c1-15(2,19-10-7-16-8-11-19)14(17(3)4)13-6-9-18(5)12-13/h13-14,16H,6-12H2,1-5H3. The van der Waals surface area contributed by atoms with Crippen LogP contribution in [0, 0.1) is 5.92 Å². The van der Waals surface area contributed by atoms with Gasteiger partial charge in [-0.3, -0.25) is 4.90 Å². The first-order chi connectivity index (χ1) is 8.93. The lowest BCUT2D eigenvalue weighted by Crippen LogP contribution is -2.63. The topological polar surface area (TPSA) is 21.8 Å². The first-order valence-corrected chi connectivity index (χ1v) is 7.73. The lowest BCUT2D eigenvalue weighted by Gasteiger charge is -2.50. The Labute approximate surface area is 119 Å². The molecule has 19 heavy (non-hydrogen) atoms. The summed E-state index contributed by atoms with van der Waals surface area (Å²) in [7, 11) is 6.77. The van der Waals surface area contributed by atoms with Crippen LogP contribution in [0.2, 0.25) is 0 Å². The SMILES string of the molecule is CN1CCC(C(N(C)C)C(C)(C)N2CCNCC2)C1. The predicted octanol–water partition coefficient (Wildman–Crippen LogP) is 0.552. The van der Waals surface area contributed by atoms with Gasteiger partial charge in [0.2, 0.25) is 0 Å². The molecule has 1 N–H and O–H groups in total. The van der Waals surface area contributed by atoms with Gasteiger partial charge >= 0.3 is 0 Å². The molecule has 0 radical (unpaired) electrons. The van der Waals surface area contributed by atoms with Crippen molar-refractivity contribution in [1.82, 2.24) is 20.0 Å². The highest BCUT2D eigenvalue weighted by atomic mass is 15.3. The Morgan fingerprint density at radius 1 is 1.16 bits per heavy atom. The van der Waals surface area contributed by atoms with E-state index in [1.165, 1.54) is 32.6 Å². The van der Waals surface area contributed by atoms with Gasteiger partial charge in [-0.15, -0.1) is 0 Å². The minimum atomic E-state index is 0.251. The van der Waals surface area contributed by atoms with Gasteiger partial charge in [0.1, 0.15) is 0 Å². The number of likely N-dealkylation sites (tertiary alicyclic amines) is 1. The van der Waals surface area contributed by atoms with E-state index in [4.69, 9.17) is 0 Å². The van der Waals surface area contributed by atoms with Gasteiger partial charge in [-0.1, -0.05) is 0 Å². The van der Waals surface area contributed by atoms with Crippen LogP contribution in [0.4, 0.5) is 0 Å². The maximum absolute atomic E-state index is 3.47. The average molecular weight is 268 g/mol. The fourth-order valence-electron chi connectivity index (χ4n) is 4.29. The summed E-state index contributed by atoms with van der Waals surface area (Å²) in [6.07, 6.45) is 1.34. The van der Waals surface area contributed by atoms with Crippen LogP contribution >= 0.6 is 0 Å². The smallest absolute Gasteiger partial charge is 0.0312 e. The molecule has 4 heteroatoms.